The van der Waals surface area contributed by atoms with Crippen LogP contribution in [-0.2, 0) is 4.79 Å². The van der Waals surface area contributed by atoms with Gasteiger partial charge >= 0.3 is 0 Å². The van der Waals surface area contributed by atoms with Crippen molar-refractivity contribution in [2.24, 2.45) is 17.3 Å². The van der Waals surface area contributed by atoms with E-state index in [0.717, 1.165) is 12.7 Å². The number of aldehydes is 1. The van der Waals surface area contributed by atoms with E-state index in [-0.39, 0.29) is 5.41 Å². The lowest BCUT2D eigenvalue weighted by molar-refractivity contribution is -0.109. The molecule has 0 N–H and O–H groups in total. The van der Waals surface area contributed by atoms with Crippen LogP contribution in [0.2, 0.25) is 0 Å². The molecule has 0 saturated heterocycles. The van der Waals surface area contributed by atoms with E-state index in [1.54, 1.807) is 0 Å². The average molecular weight is 180 g/mol. The summed E-state index contributed by atoms with van der Waals surface area (Å²) in [6.45, 7) is 8.99. The van der Waals surface area contributed by atoms with Crippen LogP contribution in [0.4, 0.5) is 0 Å². The molecule has 1 aliphatic carbocycles. The molecule has 0 spiro atoms. The highest BCUT2D eigenvalue weighted by Gasteiger charge is 2.37. The Morgan fingerprint density at radius 3 is 2.77 bits per heavy atom. The molecule has 0 radical (unpaired) electrons. The number of carbonyl (C=O) groups excluding carboxylic acids is 1. The zero-order valence-electron chi connectivity index (χ0n) is 9.13. The van der Waals surface area contributed by atoms with Crippen molar-refractivity contribution in [2.75, 3.05) is 0 Å². The van der Waals surface area contributed by atoms with Crippen LogP contribution in [0.3, 0.4) is 0 Å². The first kappa shape index (κ1) is 10.5. The maximum Gasteiger partial charge on any atom is 0.120 e. The molecule has 0 amide bonds. The van der Waals surface area contributed by atoms with Gasteiger partial charge in [-0.25, -0.2) is 0 Å². The molecule has 0 aromatic heterocycles. The summed E-state index contributed by atoms with van der Waals surface area (Å²) >= 11 is 0. The maximum atomic E-state index is 10.6. The van der Waals surface area contributed by atoms with Crippen molar-refractivity contribution in [3.8, 4) is 0 Å². The Bertz CT molecular complexity index is 225. The van der Waals surface area contributed by atoms with E-state index in [9.17, 15) is 4.79 Å². The van der Waals surface area contributed by atoms with Crippen molar-refractivity contribution < 1.29 is 4.79 Å². The summed E-state index contributed by atoms with van der Waals surface area (Å²) in [5.41, 5.74) is 1.68. The zero-order chi connectivity index (χ0) is 10.1. The normalized spacial score (nSPS) is 32.5. The lowest BCUT2D eigenvalue weighted by Crippen LogP contribution is -2.34. The molecular formula is C12H20O. The van der Waals surface area contributed by atoms with Gasteiger partial charge in [0.2, 0.25) is 0 Å². The molecule has 0 saturated carbocycles. The topological polar surface area (TPSA) is 17.1 Å². The van der Waals surface area contributed by atoms with Crippen molar-refractivity contribution in [3.05, 3.63) is 11.6 Å². The number of hydrogen-bond donors (Lipinski definition) is 0. The van der Waals surface area contributed by atoms with Gasteiger partial charge in [0.1, 0.15) is 6.29 Å². The van der Waals surface area contributed by atoms with Crippen molar-refractivity contribution in [1.82, 2.24) is 0 Å². The molecule has 2 atom stereocenters. The van der Waals surface area contributed by atoms with Gasteiger partial charge in [-0.05, 0) is 30.6 Å². The first-order valence-corrected chi connectivity index (χ1v) is 5.10. The fourth-order valence-electron chi connectivity index (χ4n) is 2.32. The van der Waals surface area contributed by atoms with Gasteiger partial charge in [-0.3, -0.25) is 0 Å². The van der Waals surface area contributed by atoms with E-state index < -0.39 is 0 Å². The Morgan fingerprint density at radius 1 is 1.62 bits per heavy atom. The van der Waals surface area contributed by atoms with Crippen LogP contribution in [-0.4, -0.2) is 6.29 Å². The van der Waals surface area contributed by atoms with Crippen molar-refractivity contribution in [1.29, 1.82) is 0 Å². The quantitative estimate of drug-likeness (QED) is 0.471. The minimum atomic E-state index is 0.278. The molecule has 1 heteroatoms. The van der Waals surface area contributed by atoms with E-state index in [1.807, 2.05) is 0 Å². The number of rotatable bonds is 2. The monoisotopic (exact) mass is 180 g/mol. The van der Waals surface area contributed by atoms with E-state index in [2.05, 4.69) is 33.8 Å². The van der Waals surface area contributed by atoms with Crippen LogP contribution < -0.4 is 0 Å². The third kappa shape index (κ3) is 1.84. The minimum Gasteiger partial charge on any atom is -0.303 e. The predicted molar refractivity (Wildman–Crippen MR) is 55.5 cm³/mol. The zero-order valence-corrected chi connectivity index (χ0v) is 9.13. The summed E-state index contributed by atoms with van der Waals surface area (Å²) in [5.74, 6) is 1.13. The van der Waals surface area contributed by atoms with Gasteiger partial charge in [0, 0.05) is 6.42 Å². The fourth-order valence-corrected chi connectivity index (χ4v) is 2.32. The molecule has 1 aliphatic rings. The van der Waals surface area contributed by atoms with Crippen LogP contribution in [0.1, 0.15) is 40.5 Å². The lowest BCUT2D eigenvalue weighted by atomic mass is 9.62. The number of hydrogen-bond acceptors (Lipinski definition) is 1. The molecule has 0 heterocycles. The Hall–Kier alpha value is -0.590. The summed E-state index contributed by atoms with van der Waals surface area (Å²) in [6, 6.07) is 0. The molecule has 13 heavy (non-hydrogen) atoms. The largest absolute Gasteiger partial charge is 0.303 e. The van der Waals surface area contributed by atoms with Crippen LogP contribution in [0.25, 0.3) is 0 Å². The van der Waals surface area contributed by atoms with Crippen LogP contribution in [0.15, 0.2) is 11.6 Å². The average Bonchev–Trinajstić information content (AvgIpc) is 2.06. The second-order valence-corrected chi connectivity index (χ2v) is 4.86. The molecule has 0 aromatic carbocycles. The molecule has 0 fully saturated rings. The maximum absolute atomic E-state index is 10.6. The highest BCUT2D eigenvalue weighted by Crippen LogP contribution is 2.45. The van der Waals surface area contributed by atoms with E-state index in [1.165, 1.54) is 5.57 Å². The van der Waals surface area contributed by atoms with Gasteiger partial charge in [0.25, 0.3) is 0 Å². The fraction of sp³-hybridized carbons (Fsp3) is 0.750. The van der Waals surface area contributed by atoms with Crippen LogP contribution >= 0.6 is 0 Å². The molecule has 74 valence electrons. The smallest absolute Gasteiger partial charge is 0.120 e. The Labute approximate surface area is 81.2 Å². The summed E-state index contributed by atoms with van der Waals surface area (Å²) in [6.07, 6.45) is 5.19. The Balaban J connectivity index is 2.91. The van der Waals surface area contributed by atoms with Gasteiger partial charge in [-0.1, -0.05) is 32.4 Å². The number of carbonyl (C=O) groups is 1. The van der Waals surface area contributed by atoms with Crippen molar-refractivity contribution in [2.45, 2.75) is 40.5 Å². The van der Waals surface area contributed by atoms with Crippen LogP contribution in [0, 0.1) is 17.3 Å². The second kappa shape index (κ2) is 3.65. The molecule has 0 aromatic rings. The van der Waals surface area contributed by atoms with Crippen molar-refractivity contribution >= 4 is 6.29 Å². The van der Waals surface area contributed by atoms with E-state index in [0.29, 0.717) is 18.3 Å². The van der Waals surface area contributed by atoms with Gasteiger partial charge in [0.05, 0.1) is 0 Å². The third-order valence-corrected chi connectivity index (χ3v) is 3.84. The van der Waals surface area contributed by atoms with Gasteiger partial charge in [-0.2, -0.15) is 0 Å². The van der Waals surface area contributed by atoms with Crippen molar-refractivity contribution in [3.63, 3.8) is 0 Å². The molecule has 0 unspecified atom stereocenters. The first-order chi connectivity index (χ1) is 6.00. The molecule has 1 rings (SSSR count). The lowest BCUT2D eigenvalue weighted by Gasteiger charge is -2.42. The summed E-state index contributed by atoms with van der Waals surface area (Å²) in [5, 5.41) is 0. The third-order valence-electron chi connectivity index (χ3n) is 3.84. The second-order valence-electron chi connectivity index (χ2n) is 4.86. The summed E-state index contributed by atoms with van der Waals surface area (Å²) in [4.78, 5) is 10.6. The van der Waals surface area contributed by atoms with Gasteiger partial charge in [-0.15, -0.1) is 0 Å². The standard InChI is InChI=1S/C12H20O/c1-9-5-6-10(2)12(3,4)11(9)7-8-13/h5,8,10-11H,6-7H2,1-4H3/t10-,11+/m1/s1. The molecule has 1 nitrogen and oxygen atoms in total. The molecular weight excluding hydrogens is 160 g/mol. The summed E-state index contributed by atoms with van der Waals surface area (Å²) in [7, 11) is 0. The Kier molecular flexibility index (Phi) is 2.94. The highest BCUT2D eigenvalue weighted by atomic mass is 16.1. The highest BCUT2D eigenvalue weighted by molar-refractivity contribution is 5.51. The van der Waals surface area contributed by atoms with E-state index >= 15 is 0 Å². The predicted octanol–water partition coefficient (Wildman–Crippen LogP) is 3.20. The Morgan fingerprint density at radius 2 is 2.23 bits per heavy atom. The SMILES string of the molecule is CC1=CC[C@@H](C)C(C)(C)[C@H]1CC=O. The minimum absolute atomic E-state index is 0.278. The first-order valence-electron chi connectivity index (χ1n) is 5.10. The van der Waals surface area contributed by atoms with Gasteiger partial charge < -0.3 is 4.79 Å². The number of allylic oxidation sites excluding steroid dienone is 2. The van der Waals surface area contributed by atoms with E-state index in [4.69, 9.17) is 0 Å². The van der Waals surface area contributed by atoms with Crippen LogP contribution in [0.5, 0.6) is 0 Å². The molecule has 0 bridgehead atoms. The molecule has 0 aliphatic heterocycles. The summed E-state index contributed by atoms with van der Waals surface area (Å²) < 4.78 is 0. The van der Waals surface area contributed by atoms with Gasteiger partial charge in [0.15, 0.2) is 0 Å².